The summed E-state index contributed by atoms with van der Waals surface area (Å²) >= 11 is 0. The van der Waals surface area contributed by atoms with E-state index >= 15 is 0 Å². The highest BCUT2D eigenvalue weighted by atomic mass is 19.1. The summed E-state index contributed by atoms with van der Waals surface area (Å²) in [4.78, 5) is 0. The maximum atomic E-state index is 12.6. The van der Waals surface area contributed by atoms with Crippen molar-refractivity contribution in [1.29, 1.82) is 0 Å². The first-order valence-corrected chi connectivity index (χ1v) is 5.07. The third-order valence-corrected chi connectivity index (χ3v) is 2.63. The van der Waals surface area contributed by atoms with Crippen LogP contribution >= 0.6 is 0 Å². The van der Waals surface area contributed by atoms with E-state index in [9.17, 15) is 9.50 Å². The highest BCUT2D eigenvalue weighted by Gasteiger charge is 2.16. The van der Waals surface area contributed by atoms with E-state index in [4.69, 9.17) is 4.74 Å². The normalized spacial score (nSPS) is 12.7. The summed E-state index contributed by atoms with van der Waals surface area (Å²) in [5.41, 5.74) is 0.517. The Morgan fingerprint density at radius 2 is 2.00 bits per heavy atom. The number of aliphatic hydroxyl groups is 1. The second kappa shape index (κ2) is 4.49. The van der Waals surface area contributed by atoms with Gasteiger partial charge in [-0.1, -0.05) is 30.3 Å². The van der Waals surface area contributed by atoms with Crippen LogP contribution in [0.25, 0.3) is 10.8 Å². The molecule has 0 aliphatic heterocycles. The molecule has 2 aromatic carbocycles. The number of alkyl halides is 1. The highest BCUT2D eigenvalue weighted by molar-refractivity contribution is 5.88. The van der Waals surface area contributed by atoms with Crippen LogP contribution in [0.2, 0.25) is 0 Å². The molecule has 0 aromatic heterocycles. The lowest BCUT2D eigenvalue weighted by Crippen LogP contribution is -2.03. The van der Waals surface area contributed by atoms with E-state index in [0.29, 0.717) is 11.3 Å². The number of methoxy groups -OCH3 is 1. The van der Waals surface area contributed by atoms with Gasteiger partial charge in [0.05, 0.1) is 7.11 Å². The molecule has 1 atom stereocenters. The maximum absolute atomic E-state index is 12.6. The highest BCUT2D eigenvalue weighted by Crippen LogP contribution is 2.33. The number of hydrogen-bond acceptors (Lipinski definition) is 2. The summed E-state index contributed by atoms with van der Waals surface area (Å²) in [7, 11) is 1.51. The molecule has 0 radical (unpaired) electrons. The smallest absolute Gasteiger partial charge is 0.125 e. The maximum Gasteiger partial charge on any atom is 0.125 e. The molecule has 0 spiro atoms. The Labute approximate surface area is 93.3 Å². The van der Waals surface area contributed by atoms with Crippen LogP contribution in [0.5, 0.6) is 5.75 Å². The minimum absolute atomic E-state index is 0.517. The van der Waals surface area contributed by atoms with E-state index in [-0.39, 0.29) is 0 Å². The van der Waals surface area contributed by atoms with E-state index in [0.717, 1.165) is 10.8 Å². The third-order valence-electron chi connectivity index (χ3n) is 2.63. The average Bonchev–Trinajstić information content (AvgIpc) is 2.36. The minimum atomic E-state index is -1.14. The lowest BCUT2D eigenvalue weighted by atomic mass is 10.00. The monoisotopic (exact) mass is 220 g/mol. The number of halogens is 1. The van der Waals surface area contributed by atoms with E-state index in [1.54, 1.807) is 6.07 Å². The van der Waals surface area contributed by atoms with E-state index in [1.807, 2.05) is 30.3 Å². The lowest BCUT2D eigenvalue weighted by molar-refractivity contribution is 0.140. The molecule has 84 valence electrons. The van der Waals surface area contributed by atoms with Crippen LogP contribution in [0.1, 0.15) is 11.7 Å². The summed E-state index contributed by atoms with van der Waals surface area (Å²) in [5, 5.41) is 11.5. The number of rotatable bonds is 3. The van der Waals surface area contributed by atoms with Gasteiger partial charge in [-0.05, 0) is 16.8 Å². The molecule has 0 aliphatic carbocycles. The molecule has 0 amide bonds. The van der Waals surface area contributed by atoms with Gasteiger partial charge in [0.15, 0.2) is 0 Å². The van der Waals surface area contributed by atoms with Gasteiger partial charge >= 0.3 is 0 Å². The molecule has 2 nitrogen and oxygen atoms in total. The fourth-order valence-corrected chi connectivity index (χ4v) is 1.87. The van der Waals surface area contributed by atoms with Gasteiger partial charge in [0.2, 0.25) is 0 Å². The Balaban J connectivity index is 2.72. The molecule has 2 aromatic rings. The summed E-state index contributed by atoms with van der Waals surface area (Å²) in [6, 6.07) is 11.2. The summed E-state index contributed by atoms with van der Waals surface area (Å²) in [6.45, 7) is -0.815. The van der Waals surface area contributed by atoms with Gasteiger partial charge in [-0.2, -0.15) is 0 Å². The number of hydrogen-bond donors (Lipinski definition) is 1. The van der Waals surface area contributed by atoms with Gasteiger partial charge in [0.1, 0.15) is 18.5 Å². The minimum Gasteiger partial charge on any atom is -0.496 e. The average molecular weight is 220 g/mol. The topological polar surface area (TPSA) is 29.5 Å². The van der Waals surface area contributed by atoms with Gasteiger partial charge in [-0.15, -0.1) is 0 Å². The zero-order valence-corrected chi connectivity index (χ0v) is 8.98. The van der Waals surface area contributed by atoms with Crippen LogP contribution in [0.4, 0.5) is 4.39 Å². The molecule has 0 fully saturated rings. The van der Waals surface area contributed by atoms with Crippen LogP contribution in [0.15, 0.2) is 36.4 Å². The van der Waals surface area contributed by atoms with E-state index in [1.165, 1.54) is 7.11 Å². The molecule has 0 aliphatic rings. The first-order valence-electron chi connectivity index (χ1n) is 5.07. The summed E-state index contributed by atoms with van der Waals surface area (Å²) in [6.07, 6.45) is -1.14. The van der Waals surface area contributed by atoms with E-state index in [2.05, 4.69) is 0 Å². The van der Waals surface area contributed by atoms with Crippen molar-refractivity contribution < 1.29 is 14.2 Å². The molecule has 3 heteroatoms. The SMILES string of the molecule is COc1ccc2ccccc2c1C(O)CF. The second-order valence-corrected chi connectivity index (χ2v) is 3.57. The quantitative estimate of drug-likeness (QED) is 0.861. The van der Waals surface area contributed by atoms with Crippen molar-refractivity contribution in [3.05, 3.63) is 42.0 Å². The Morgan fingerprint density at radius 1 is 1.25 bits per heavy atom. The predicted molar refractivity (Wildman–Crippen MR) is 61.4 cm³/mol. The lowest BCUT2D eigenvalue weighted by Gasteiger charge is -2.14. The van der Waals surface area contributed by atoms with Crippen molar-refractivity contribution in [3.63, 3.8) is 0 Å². The molecule has 1 N–H and O–H groups in total. The van der Waals surface area contributed by atoms with Gasteiger partial charge in [-0.3, -0.25) is 0 Å². The first kappa shape index (κ1) is 10.9. The van der Waals surface area contributed by atoms with Crippen LogP contribution in [-0.2, 0) is 0 Å². The van der Waals surface area contributed by atoms with Crippen molar-refractivity contribution >= 4 is 10.8 Å². The second-order valence-electron chi connectivity index (χ2n) is 3.57. The van der Waals surface area contributed by atoms with Gasteiger partial charge < -0.3 is 9.84 Å². The largest absolute Gasteiger partial charge is 0.496 e. The molecule has 1 unspecified atom stereocenters. The van der Waals surface area contributed by atoms with Gasteiger partial charge in [0, 0.05) is 5.56 Å². The number of ether oxygens (including phenoxy) is 1. The van der Waals surface area contributed by atoms with E-state index < -0.39 is 12.8 Å². The van der Waals surface area contributed by atoms with Crippen LogP contribution in [0.3, 0.4) is 0 Å². The zero-order valence-electron chi connectivity index (χ0n) is 8.98. The Hall–Kier alpha value is -1.61. The Morgan fingerprint density at radius 3 is 2.69 bits per heavy atom. The first-order chi connectivity index (χ1) is 7.77. The molecular weight excluding hydrogens is 207 g/mol. The van der Waals surface area contributed by atoms with Crippen molar-refractivity contribution in [2.24, 2.45) is 0 Å². The molecule has 0 bridgehead atoms. The van der Waals surface area contributed by atoms with Crippen LogP contribution in [0, 0.1) is 0 Å². The van der Waals surface area contributed by atoms with Crippen molar-refractivity contribution in [2.75, 3.05) is 13.8 Å². The standard InChI is InChI=1S/C13H13FO2/c1-16-12-7-6-9-4-2-3-5-10(9)13(12)11(15)8-14/h2-7,11,15H,8H2,1H3. The van der Waals surface area contributed by atoms with Crippen molar-refractivity contribution in [2.45, 2.75) is 6.10 Å². The fraction of sp³-hybridized carbons (Fsp3) is 0.231. The van der Waals surface area contributed by atoms with Crippen molar-refractivity contribution in [1.82, 2.24) is 0 Å². The predicted octanol–water partition coefficient (Wildman–Crippen LogP) is 2.85. The van der Waals surface area contributed by atoms with Gasteiger partial charge in [0.25, 0.3) is 0 Å². The van der Waals surface area contributed by atoms with Gasteiger partial charge in [-0.25, -0.2) is 4.39 Å². The molecule has 0 heterocycles. The molecular formula is C13H13FO2. The summed E-state index contributed by atoms with van der Waals surface area (Å²) in [5.74, 6) is 0.517. The number of fused-ring (bicyclic) bond motifs is 1. The zero-order chi connectivity index (χ0) is 11.5. The molecule has 16 heavy (non-hydrogen) atoms. The summed E-state index contributed by atoms with van der Waals surface area (Å²) < 4.78 is 17.8. The molecule has 2 rings (SSSR count). The number of aliphatic hydroxyl groups excluding tert-OH is 1. The van der Waals surface area contributed by atoms with Crippen LogP contribution in [-0.4, -0.2) is 18.9 Å². The Bertz CT molecular complexity index is 496. The Kier molecular flexibility index (Phi) is 3.06. The third kappa shape index (κ3) is 1.74. The fourth-order valence-electron chi connectivity index (χ4n) is 1.87. The number of benzene rings is 2. The van der Waals surface area contributed by atoms with Crippen LogP contribution < -0.4 is 4.74 Å². The molecule has 0 saturated carbocycles. The van der Waals surface area contributed by atoms with Crippen molar-refractivity contribution in [3.8, 4) is 5.75 Å². The molecule has 0 saturated heterocycles.